The van der Waals surface area contributed by atoms with E-state index in [0.717, 1.165) is 21.3 Å². The number of nitrogens with zero attached hydrogens (tertiary/aromatic N) is 4. The third-order valence-corrected chi connectivity index (χ3v) is 6.15. The number of para-hydroxylation sites is 1. The number of ketones is 1. The Morgan fingerprint density at radius 2 is 1.91 bits per heavy atom. The molecule has 0 radical (unpaired) electrons. The fraction of sp³-hybridized carbons (Fsp3) is 0.125. The average Bonchev–Trinajstić information content (AvgIpc) is 3.05. The summed E-state index contributed by atoms with van der Waals surface area (Å²) in [5.41, 5.74) is 10.3. The van der Waals surface area contributed by atoms with Crippen LogP contribution in [-0.2, 0) is 0 Å². The van der Waals surface area contributed by atoms with E-state index in [2.05, 4.69) is 10.1 Å². The summed E-state index contributed by atoms with van der Waals surface area (Å²) in [7, 11) is 0. The number of hydrogen-bond donors (Lipinski definition) is 1. The molecular formula is C16H13N5OSe. The molecule has 4 aromatic rings. The number of aromatic nitrogens is 4. The predicted octanol–water partition coefficient (Wildman–Crippen LogP) is 2.12. The Balaban J connectivity index is 2.07. The van der Waals surface area contributed by atoms with Crippen molar-refractivity contribution in [2.45, 2.75) is 13.8 Å². The Labute approximate surface area is 137 Å². The van der Waals surface area contributed by atoms with Gasteiger partial charge in [0.05, 0.1) is 0 Å². The molecule has 6 nitrogen and oxygen atoms in total. The van der Waals surface area contributed by atoms with Crippen LogP contribution in [0.15, 0.2) is 30.3 Å². The van der Waals surface area contributed by atoms with Crippen LogP contribution in [0.1, 0.15) is 21.8 Å². The third kappa shape index (κ3) is 2.09. The Kier molecular flexibility index (Phi) is 3.07. The Morgan fingerprint density at radius 3 is 2.61 bits per heavy atom. The molecule has 7 heteroatoms. The maximum atomic E-state index is 11.7. The van der Waals surface area contributed by atoms with Crippen molar-refractivity contribution >= 4 is 47.0 Å². The van der Waals surface area contributed by atoms with Crippen LogP contribution >= 0.6 is 0 Å². The van der Waals surface area contributed by atoms with Crippen LogP contribution in [0.2, 0.25) is 0 Å². The van der Waals surface area contributed by atoms with Crippen molar-refractivity contribution in [1.82, 2.24) is 19.7 Å². The first-order valence-corrected chi connectivity index (χ1v) is 8.79. The molecule has 0 aliphatic heterocycles. The number of carbonyl (C=O) groups is 1. The zero-order chi connectivity index (χ0) is 16.1. The molecule has 1 aromatic carbocycles. The summed E-state index contributed by atoms with van der Waals surface area (Å²) < 4.78 is 3.23. The van der Waals surface area contributed by atoms with Gasteiger partial charge >= 0.3 is 137 Å². The Bertz CT molecular complexity index is 1060. The second-order valence-electron chi connectivity index (χ2n) is 5.28. The van der Waals surface area contributed by atoms with Crippen molar-refractivity contribution < 1.29 is 4.79 Å². The fourth-order valence-corrected chi connectivity index (χ4v) is 4.51. The van der Waals surface area contributed by atoms with Gasteiger partial charge in [0.15, 0.2) is 0 Å². The van der Waals surface area contributed by atoms with Crippen molar-refractivity contribution in [2.24, 2.45) is 0 Å². The molecular weight excluding hydrogens is 357 g/mol. The van der Waals surface area contributed by atoms with Gasteiger partial charge in [-0.25, -0.2) is 0 Å². The normalized spacial score (nSPS) is 11.4. The maximum absolute atomic E-state index is 11.7. The van der Waals surface area contributed by atoms with Gasteiger partial charge in [-0.2, -0.15) is 0 Å². The number of Topliss-reactive ketones (excluding diaryl/α,β-unsaturated/α-hetero) is 1. The number of hydrogen-bond acceptors (Lipinski definition) is 5. The molecule has 0 saturated carbocycles. The van der Waals surface area contributed by atoms with Crippen LogP contribution in [0.25, 0.3) is 26.8 Å². The minimum absolute atomic E-state index is 0.00670. The standard InChI is InChI=1S/C16H13N5OSe/c1-8-12-15(21(20-8)10-6-4-3-5-7-10)19-16-13(18-12)11(17)14(23-16)9(2)22/h3-7H,17H2,1-2H3. The Hall–Kier alpha value is -2.50. The summed E-state index contributed by atoms with van der Waals surface area (Å²) >= 11 is -0.202. The van der Waals surface area contributed by atoms with Crippen molar-refractivity contribution in [3.63, 3.8) is 0 Å². The van der Waals surface area contributed by atoms with Gasteiger partial charge in [-0.15, -0.1) is 0 Å². The van der Waals surface area contributed by atoms with Gasteiger partial charge in [0, 0.05) is 0 Å². The molecule has 0 spiro atoms. The van der Waals surface area contributed by atoms with Crippen molar-refractivity contribution in [3.8, 4) is 5.69 Å². The monoisotopic (exact) mass is 371 g/mol. The first-order valence-electron chi connectivity index (χ1n) is 7.08. The van der Waals surface area contributed by atoms with Gasteiger partial charge in [-0.1, -0.05) is 0 Å². The number of aryl methyl sites for hydroxylation is 1. The van der Waals surface area contributed by atoms with Crippen molar-refractivity contribution in [3.05, 3.63) is 40.5 Å². The SMILES string of the molecule is CC(=O)c1[se]c2nc3c(nc2c1N)c(C)nn3-c1ccccc1. The number of anilines is 1. The average molecular weight is 370 g/mol. The third-order valence-electron chi connectivity index (χ3n) is 3.66. The predicted molar refractivity (Wildman–Crippen MR) is 90.3 cm³/mol. The van der Waals surface area contributed by atoms with Crippen LogP contribution in [0, 0.1) is 6.92 Å². The molecule has 0 amide bonds. The van der Waals surface area contributed by atoms with Crippen LogP contribution in [0.4, 0.5) is 5.69 Å². The molecule has 0 saturated heterocycles. The molecule has 3 aromatic heterocycles. The second-order valence-corrected chi connectivity index (χ2v) is 7.38. The number of fused-ring (bicyclic) bond motifs is 2. The summed E-state index contributed by atoms with van der Waals surface area (Å²) in [6, 6.07) is 9.81. The first-order chi connectivity index (χ1) is 11.1. The van der Waals surface area contributed by atoms with Crippen molar-refractivity contribution in [2.75, 3.05) is 5.73 Å². The van der Waals surface area contributed by atoms with Crippen LogP contribution < -0.4 is 5.73 Å². The molecule has 0 unspecified atom stereocenters. The topological polar surface area (TPSA) is 86.7 Å². The molecule has 114 valence electrons. The number of nitrogen functional groups attached to an aromatic ring is 1. The second kappa shape index (κ2) is 5.01. The summed E-state index contributed by atoms with van der Waals surface area (Å²) in [6.07, 6.45) is 0. The van der Waals surface area contributed by atoms with Gasteiger partial charge in [0.25, 0.3) is 0 Å². The van der Waals surface area contributed by atoms with Gasteiger partial charge in [0.2, 0.25) is 0 Å². The molecule has 0 aliphatic carbocycles. The van der Waals surface area contributed by atoms with Crippen LogP contribution in [-0.4, -0.2) is 40.0 Å². The van der Waals surface area contributed by atoms with E-state index in [4.69, 9.17) is 10.7 Å². The summed E-state index contributed by atoms with van der Waals surface area (Å²) in [5.74, 6) is -0.00670. The van der Waals surface area contributed by atoms with Gasteiger partial charge < -0.3 is 0 Å². The quantitative estimate of drug-likeness (QED) is 0.431. The summed E-state index contributed by atoms with van der Waals surface area (Å²) in [6.45, 7) is 3.43. The van der Waals surface area contributed by atoms with E-state index >= 15 is 0 Å². The molecule has 4 rings (SSSR count). The van der Waals surface area contributed by atoms with E-state index in [1.54, 1.807) is 4.68 Å². The van der Waals surface area contributed by atoms with Gasteiger partial charge in [-0.05, 0) is 0 Å². The molecule has 3 heterocycles. The first kappa shape index (κ1) is 14.1. The minimum atomic E-state index is -0.202. The summed E-state index contributed by atoms with van der Waals surface area (Å²) in [5, 5.41) is 4.55. The van der Waals surface area contributed by atoms with E-state index < -0.39 is 0 Å². The Morgan fingerprint density at radius 1 is 1.17 bits per heavy atom. The van der Waals surface area contributed by atoms with Crippen LogP contribution in [0.3, 0.4) is 0 Å². The number of nitrogens with two attached hydrogens (primary N) is 1. The number of carbonyl (C=O) groups excluding carboxylic acids is 1. The molecule has 0 aliphatic rings. The number of benzene rings is 1. The van der Waals surface area contributed by atoms with E-state index in [1.165, 1.54) is 6.92 Å². The molecule has 23 heavy (non-hydrogen) atoms. The van der Waals surface area contributed by atoms with E-state index in [9.17, 15) is 4.79 Å². The zero-order valence-corrected chi connectivity index (χ0v) is 14.3. The van der Waals surface area contributed by atoms with Gasteiger partial charge in [0.1, 0.15) is 0 Å². The molecule has 2 N–H and O–H groups in total. The van der Waals surface area contributed by atoms with Gasteiger partial charge in [-0.3, -0.25) is 0 Å². The van der Waals surface area contributed by atoms with E-state index in [1.807, 2.05) is 37.3 Å². The van der Waals surface area contributed by atoms with Crippen LogP contribution in [0.5, 0.6) is 0 Å². The van der Waals surface area contributed by atoms with Crippen molar-refractivity contribution in [1.29, 1.82) is 0 Å². The van der Waals surface area contributed by atoms with E-state index in [-0.39, 0.29) is 20.3 Å². The summed E-state index contributed by atoms with van der Waals surface area (Å²) in [4.78, 5) is 21.1. The molecule has 0 bridgehead atoms. The van der Waals surface area contributed by atoms with E-state index in [0.29, 0.717) is 21.3 Å². The fourth-order valence-electron chi connectivity index (χ4n) is 2.56. The molecule has 0 atom stereocenters. The number of rotatable bonds is 2. The molecule has 0 fully saturated rings. The zero-order valence-electron chi connectivity index (χ0n) is 12.6.